The monoisotopic (exact) mass is 537 g/mol. The summed E-state index contributed by atoms with van der Waals surface area (Å²) in [7, 11) is 1.57. The second-order valence-electron chi connectivity index (χ2n) is 10.4. The smallest absolute Gasteiger partial charge is 0.408 e. The molecule has 0 bridgehead atoms. The topological polar surface area (TPSA) is 97.0 Å². The van der Waals surface area contributed by atoms with Gasteiger partial charge in [0.2, 0.25) is 5.91 Å². The Hall–Kier alpha value is -3.81. The molecule has 8 nitrogen and oxygen atoms in total. The lowest BCUT2D eigenvalue weighted by atomic mass is 10.0. The number of anilines is 1. The molecule has 0 saturated heterocycles. The van der Waals surface area contributed by atoms with Crippen LogP contribution in [0.15, 0.2) is 55.1 Å². The van der Waals surface area contributed by atoms with E-state index in [1.165, 1.54) is 0 Å². The second kappa shape index (κ2) is 15.6. The minimum atomic E-state index is -0.925. The molecule has 0 aliphatic heterocycles. The maximum absolute atomic E-state index is 13.8. The van der Waals surface area contributed by atoms with Crippen LogP contribution >= 0.6 is 0 Å². The molecule has 2 aromatic carbocycles. The molecule has 1 unspecified atom stereocenters. The zero-order valence-corrected chi connectivity index (χ0v) is 23.9. The van der Waals surface area contributed by atoms with Gasteiger partial charge in [-0.25, -0.2) is 4.79 Å². The fourth-order valence-electron chi connectivity index (χ4n) is 4.06. The number of nitrogens with zero attached hydrogens (tertiary/aromatic N) is 1. The van der Waals surface area contributed by atoms with E-state index in [-0.39, 0.29) is 18.4 Å². The number of carbonyl (C=O) groups is 3. The van der Waals surface area contributed by atoms with Gasteiger partial charge in [-0.1, -0.05) is 63.5 Å². The lowest BCUT2D eigenvalue weighted by Gasteiger charge is -2.32. The van der Waals surface area contributed by atoms with Gasteiger partial charge in [-0.15, -0.1) is 0 Å². The molecule has 8 heteroatoms. The van der Waals surface area contributed by atoms with E-state index in [4.69, 9.17) is 9.47 Å². The van der Waals surface area contributed by atoms with E-state index in [1.807, 2.05) is 24.3 Å². The van der Waals surface area contributed by atoms with Crippen molar-refractivity contribution in [1.29, 1.82) is 0 Å². The number of methoxy groups -OCH3 is 1. The van der Waals surface area contributed by atoms with E-state index in [0.29, 0.717) is 23.5 Å². The van der Waals surface area contributed by atoms with E-state index >= 15 is 0 Å². The van der Waals surface area contributed by atoms with Crippen LogP contribution < -0.4 is 15.4 Å². The van der Waals surface area contributed by atoms with E-state index < -0.39 is 17.7 Å². The molecule has 0 aliphatic rings. The Morgan fingerprint density at radius 3 is 2.33 bits per heavy atom. The van der Waals surface area contributed by atoms with E-state index in [9.17, 15) is 14.4 Å². The molecule has 0 spiro atoms. The molecule has 2 N–H and O–H groups in total. The Labute approximate surface area is 232 Å². The number of alkyl carbamates (subject to hydrolysis) is 1. The van der Waals surface area contributed by atoms with E-state index in [1.54, 1.807) is 63.1 Å². The summed E-state index contributed by atoms with van der Waals surface area (Å²) in [5.41, 5.74) is 1.36. The van der Waals surface area contributed by atoms with Gasteiger partial charge in [-0.3, -0.25) is 9.59 Å². The molecule has 0 aromatic heterocycles. The van der Waals surface area contributed by atoms with Crippen molar-refractivity contribution in [1.82, 2.24) is 10.2 Å². The molecule has 39 heavy (non-hydrogen) atoms. The highest BCUT2D eigenvalue weighted by molar-refractivity contribution is 5.98. The number of amides is 3. The van der Waals surface area contributed by atoms with Crippen LogP contribution in [0.2, 0.25) is 0 Å². The third-order valence-electron chi connectivity index (χ3n) is 5.99. The maximum atomic E-state index is 13.8. The van der Waals surface area contributed by atoms with Crippen molar-refractivity contribution in [2.45, 2.75) is 71.4 Å². The fraction of sp³-hybridized carbons (Fsp3) is 0.452. The number of hydrogen-bond donors (Lipinski definition) is 2. The van der Waals surface area contributed by atoms with Gasteiger partial charge in [0.25, 0.3) is 5.91 Å². The molecule has 0 aliphatic carbocycles. The third-order valence-corrected chi connectivity index (χ3v) is 5.99. The van der Waals surface area contributed by atoms with Gasteiger partial charge in [0, 0.05) is 12.2 Å². The number of benzene rings is 2. The Morgan fingerprint density at radius 1 is 1.03 bits per heavy atom. The standard InChI is InChI=1S/C31H43N3O5/c1-7-9-10-11-12-20-34(27(35)22-32-30(37)39-31(3,4)5)28(24-15-13-14-23(8-2)21-24)29(36)33-25-16-18-26(38-6)19-17-25/h8,13-19,21,28H,2,7,9-12,20,22H2,1,3-6H3,(H,32,37)(H,33,36). The predicted molar refractivity (Wildman–Crippen MR) is 156 cm³/mol. The van der Waals surface area contributed by atoms with Gasteiger partial charge in [0.05, 0.1) is 7.11 Å². The maximum Gasteiger partial charge on any atom is 0.408 e. The van der Waals surface area contributed by atoms with Crippen molar-refractivity contribution in [2.75, 3.05) is 25.5 Å². The van der Waals surface area contributed by atoms with Gasteiger partial charge in [0.1, 0.15) is 23.9 Å². The van der Waals surface area contributed by atoms with Crippen LogP contribution in [0.3, 0.4) is 0 Å². The average Bonchev–Trinajstić information content (AvgIpc) is 2.90. The largest absolute Gasteiger partial charge is 0.497 e. The normalized spacial score (nSPS) is 11.7. The van der Waals surface area contributed by atoms with Crippen LogP contribution in [0.5, 0.6) is 5.75 Å². The average molecular weight is 538 g/mol. The van der Waals surface area contributed by atoms with Crippen LogP contribution in [0.1, 0.15) is 77.0 Å². The van der Waals surface area contributed by atoms with Gasteiger partial charge in [-0.05, 0) is 68.7 Å². The van der Waals surface area contributed by atoms with Crippen molar-refractivity contribution in [2.24, 2.45) is 0 Å². The summed E-state index contributed by atoms with van der Waals surface area (Å²) < 4.78 is 10.5. The molecule has 2 rings (SSSR count). The lowest BCUT2D eigenvalue weighted by Crippen LogP contribution is -2.47. The first kappa shape index (κ1) is 31.4. The first-order chi connectivity index (χ1) is 18.6. The molecule has 2 aromatic rings. The van der Waals surface area contributed by atoms with Crippen molar-refractivity contribution in [3.8, 4) is 5.75 Å². The van der Waals surface area contributed by atoms with E-state index in [2.05, 4.69) is 24.1 Å². The third kappa shape index (κ3) is 10.8. The SMILES string of the molecule is C=Cc1cccc(C(C(=O)Nc2ccc(OC)cc2)N(CCCCCCC)C(=O)CNC(=O)OC(C)(C)C)c1. The Morgan fingerprint density at radius 2 is 1.72 bits per heavy atom. The molecule has 212 valence electrons. The number of rotatable bonds is 14. The van der Waals surface area contributed by atoms with Crippen LogP contribution in [0.4, 0.5) is 10.5 Å². The predicted octanol–water partition coefficient (Wildman–Crippen LogP) is 6.34. The summed E-state index contributed by atoms with van der Waals surface area (Å²) in [6, 6.07) is 13.5. The van der Waals surface area contributed by atoms with Gasteiger partial charge in [0.15, 0.2) is 0 Å². The van der Waals surface area contributed by atoms with Crippen molar-refractivity contribution in [3.05, 3.63) is 66.2 Å². The number of ether oxygens (including phenoxy) is 2. The number of unbranched alkanes of at least 4 members (excludes halogenated alkanes) is 4. The van der Waals surface area contributed by atoms with Crippen LogP contribution in [-0.2, 0) is 14.3 Å². The molecular formula is C31H43N3O5. The molecule has 0 heterocycles. The molecule has 0 fully saturated rings. The molecule has 1 atom stereocenters. The molecule has 0 radical (unpaired) electrons. The highest BCUT2D eigenvalue weighted by atomic mass is 16.6. The van der Waals surface area contributed by atoms with Gasteiger partial charge < -0.3 is 25.0 Å². The number of nitrogens with one attached hydrogen (secondary N) is 2. The zero-order chi connectivity index (χ0) is 28.8. The Kier molecular flexibility index (Phi) is 12.5. The number of carbonyl (C=O) groups excluding carboxylic acids is 3. The summed E-state index contributed by atoms with van der Waals surface area (Å²) in [6.45, 7) is 11.3. The Balaban J connectivity index is 2.38. The molecular weight excluding hydrogens is 494 g/mol. The summed E-state index contributed by atoms with van der Waals surface area (Å²) in [5.74, 6) is -0.0730. The van der Waals surface area contributed by atoms with Crippen LogP contribution in [-0.4, -0.2) is 48.6 Å². The molecule has 3 amide bonds. The van der Waals surface area contributed by atoms with Crippen molar-refractivity contribution < 1.29 is 23.9 Å². The minimum absolute atomic E-state index is 0.294. The summed E-state index contributed by atoms with van der Waals surface area (Å²) in [6.07, 6.45) is 5.92. The van der Waals surface area contributed by atoms with E-state index in [0.717, 1.165) is 37.7 Å². The fourth-order valence-corrected chi connectivity index (χ4v) is 4.06. The highest BCUT2D eigenvalue weighted by Crippen LogP contribution is 2.26. The van der Waals surface area contributed by atoms with Gasteiger partial charge in [-0.2, -0.15) is 0 Å². The summed E-state index contributed by atoms with van der Waals surface area (Å²) in [5, 5.41) is 5.49. The number of hydrogen-bond acceptors (Lipinski definition) is 5. The lowest BCUT2D eigenvalue weighted by molar-refractivity contribution is -0.138. The van der Waals surface area contributed by atoms with Crippen LogP contribution in [0, 0.1) is 0 Å². The molecule has 0 saturated carbocycles. The highest BCUT2D eigenvalue weighted by Gasteiger charge is 2.32. The van der Waals surface area contributed by atoms with Crippen LogP contribution in [0.25, 0.3) is 6.08 Å². The Bertz CT molecular complexity index is 1090. The van der Waals surface area contributed by atoms with Gasteiger partial charge >= 0.3 is 6.09 Å². The van der Waals surface area contributed by atoms with Crippen molar-refractivity contribution >= 4 is 29.7 Å². The minimum Gasteiger partial charge on any atom is -0.497 e. The second-order valence-corrected chi connectivity index (χ2v) is 10.4. The first-order valence-electron chi connectivity index (χ1n) is 13.5. The first-order valence-corrected chi connectivity index (χ1v) is 13.5. The quantitative estimate of drug-likeness (QED) is 0.274. The summed E-state index contributed by atoms with van der Waals surface area (Å²) in [4.78, 5) is 41.2. The zero-order valence-electron chi connectivity index (χ0n) is 23.9. The van der Waals surface area contributed by atoms with Crippen molar-refractivity contribution in [3.63, 3.8) is 0 Å². The summed E-state index contributed by atoms with van der Waals surface area (Å²) >= 11 is 0.